The van der Waals surface area contributed by atoms with Crippen LogP contribution in [0, 0.1) is 13.8 Å². The third kappa shape index (κ3) is 19.6. The van der Waals surface area contributed by atoms with Crippen molar-refractivity contribution in [1.29, 1.82) is 0 Å². The first-order valence-corrected chi connectivity index (χ1v) is 8.22. The summed E-state index contributed by atoms with van der Waals surface area (Å²) in [7, 11) is 3.10. The van der Waals surface area contributed by atoms with Gasteiger partial charge in [0.05, 0.1) is 14.2 Å². The van der Waals surface area contributed by atoms with Crippen molar-refractivity contribution in [3.05, 3.63) is 66.9 Å². The number of tetrazole rings is 1. The minimum Gasteiger partial charge on any atom is -0.480 e. The molecule has 0 saturated heterocycles. The molecular formula is C21H38N10O2. The maximum Gasteiger partial charge on any atom is 0.315 e. The highest BCUT2D eigenvalue weighted by molar-refractivity contribution is 5.04. The van der Waals surface area contributed by atoms with E-state index < -0.39 is 0 Å². The molecule has 1 N–H and O–H groups in total. The maximum absolute atomic E-state index is 4.74. The van der Waals surface area contributed by atoms with Crippen LogP contribution in [0.25, 0.3) is 0 Å². The molecular weight excluding hydrogens is 424 g/mol. The van der Waals surface area contributed by atoms with Crippen LogP contribution < -0.4 is 9.47 Å². The fourth-order valence-electron chi connectivity index (χ4n) is 1.37. The van der Waals surface area contributed by atoms with Gasteiger partial charge in [-0.15, -0.1) is 15.3 Å². The molecule has 184 valence electrons. The molecule has 0 bridgehead atoms. The van der Waals surface area contributed by atoms with Crippen molar-refractivity contribution < 1.29 is 9.47 Å². The molecule has 0 spiro atoms. The highest BCUT2D eigenvalue weighted by Gasteiger charge is 1.84. The van der Waals surface area contributed by atoms with Gasteiger partial charge in [0, 0.05) is 37.1 Å². The van der Waals surface area contributed by atoms with Gasteiger partial charge in [0.2, 0.25) is 5.88 Å². The van der Waals surface area contributed by atoms with Gasteiger partial charge in [-0.05, 0) is 32.0 Å². The Hall–Kier alpha value is -4.09. The second-order valence-corrected chi connectivity index (χ2v) is 4.76. The van der Waals surface area contributed by atoms with Gasteiger partial charge in [0.1, 0.15) is 5.82 Å². The molecule has 4 aromatic heterocycles. The Balaban J connectivity index is -0.000000164. The van der Waals surface area contributed by atoms with Crippen molar-refractivity contribution >= 4 is 0 Å². The van der Waals surface area contributed by atoms with E-state index in [0.29, 0.717) is 17.7 Å². The normalized spacial score (nSPS) is 7.64. The quantitative estimate of drug-likeness (QED) is 0.463. The monoisotopic (exact) mass is 462 g/mol. The molecule has 0 atom stereocenters. The predicted octanol–water partition coefficient (Wildman–Crippen LogP) is 3.81. The molecule has 12 nitrogen and oxygen atoms in total. The summed E-state index contributed by atoms with van der Waals surface area (Å²) in [5, 5.41) is 19.9. The van der Waals surface area contributed by atoms with Crippen LogP contribution >= 0.6 is 0 Å². The van der Waals surface area contributed by atoms with Gasteiger partial charge in [-0.25, -0.2) is 19.9 Å². The van der Waals surface area contributed by atoms with Crippen LogP contribution in [0.5, 0.6) is 11.9 Å². The molecule has 0 aliphatic heterocycles. The average molecular weight is 463 g/mol. The molecule has 12 heteroatoms. The number of aromatic amines is 1. The molecule has 0 unspecified atom stereocenters. The van der Waals surface area contributed by atoms with Crippen LogP contribution in [0.3, 0.4) is 0 Å². The molecule has 4 aromatic rings. The van der Waals surface area contributed by atoms with E-state index in [1.807, 2.05) is 6.92 Å². The Labute approximate surface area is 197 Å². The van der Waals surface area contributed by atoms with E-state index in [0.717, 1.165) is 5.82 Å². The van der Waals surface area contributed by atoms with Crippen LogP contribution in [0.15, 0.2) is 55.2 Å². The van der Waals surface area contributed by atoms with E-state index >= 15 is 0 Å². The predicted molar refractivity (Wildman–Crippen MR) is 130 cm³/mol. The minimum absolute atomic E-state index is 0. The lowest BCUT2D eigenvalue weighted by Crippen LogP contribution is -1.87. The van der Waals surface area contributed by atoms with E-state index in [9.17, 15) is 0 Å². The van der Waals surface area contributed by atoms with Gasteiger partial charge in [0.25, 0.3) is 0 Å². The first-order valence-electron chi connectivity index (χ1n) is 8.22. The summed E-state index contributed by atoms with van der Waals surface area (Å²) in [5.74, 6) is 2.05. The van der Waals surface area contributed by atoms with Crippen molar-refractivity contribution in [1.82, 2.24) is 50.8 Å². The molecule has 0 aliphatic carbocycles. The summed E-state index contributed by atoms with van der Waals surface area (Å²) < 4.78 is 9.43. The Morgan fingerprint density at radius 3 is 1.48 bits per heavy atom. The van der Waals surface area contributed by atoms with Crippen LogP contribution in [-0.2, 0) is 0 Å². The second-order valence-electron chi connectivity index (χ2n) is 4.76. The highest BCUT2D eigenvalue weighted by Crippen LogP contribution is 1.97. The van der Waals surface area contributed by atoms with Gasteiger partial charge in [-0.3, -0.25) is 0 Å². The Morgan fingerprint density at radius 2 is 1.24 bits per heavy atom. The summed E-state index contributed by atoms with van der Waals surface area (Å²) in [6.07, 6.45) is 8.31. The standard InChI is InChI=1S/2C5H6N2O.C5H6N2.C2H4N4.4CH4/c1-8-5-6-3-2-4-7-5;1-8-5-3-2-4-6-7-5;1-5-6-3-2-4-7-5;1-2-3-5-6-4-2;;;;/h2*2-4H,1H3;2-4H,1H3;1H3,(H,3,4,5,6);4*1H4. The summed E-state index contributed by atoms with van der Waals surface area (Å²) >= 11 is 0. The minimum atomic E-state index is 0. The number of rotatable bonds is 2. The topological polar surface area (TPSA) is 150 Å². The first kappa shape index (κ1) is 36.3. The van der Waals surface area contributed by atoms with Crippen LogP contribution in [0.2, 0.25) is 0 Å². The fraction of sp³-hybridized carbons (Fsp3) is 0.381. The SMILES string of the molecule is C.C.C.C.COc1cccnn1.COc1ncccn1.Cc1ncccn1.Cc1nn[nH]n1. The Kier molecular flexibility index (Phi) is 26.6. The molecule has 4 rings (SSSR count). The largest absolute Gasteiger partial charge is 0.480 e. The van der Waals surface area contributed by atoms with E-state index in [-0.39, 0.29) is 29.7 Å². The van der Waals surface area contributed by atoms with Crippen molar-refractivity contribution in [3.63, 3.8) is 0 Å². The number of H-pyrrole nitrogens is 1. The number of ether oxygens (including phenoxy) is 2. The molecule has 0 radical (unpaired) electrons. The van der Waals surface area contributed by atoms with E-state index in [4.69, 9.17) is 9.47 Å². The smallest absolute Gasteiger partial charge is 0.315 e. The van der Waals surface area contributed by atoms with Crippen LogP contribution in [0.4, 0.5) is 0 Å². The number of hydrogen-bond donors (Lipinski definition) is 1. The number of methoxy groups -OCH3 is 2. The van der Waals surface area contributed by atoms with Gasteiger partial charge < -0.3 is 9.47 Å². The summed E-state index contributed by atoms with van der Waals surface area (Å²) in [6.45, 7) is 3.63. The third-order valence-electron chi connectivity index (χ3n) is 2.63. The van der Waals surface area contributed by atoms with Gasteiger partial charge in [0.15, 0.2) is 5.82 Å². The highest BCUT2D eigenvalue weighted by atomic mass is 16.5. The fourth-order valence-corrected chi connectivity index (χ4v) is 1.37. The van der Waals surface area contributed by atoms with Crippen molar-refractivity contribution in [2.75, 3.05) is 14.2 Å². The van der Waals surface area contributed by atoms with Crippen LogP contribution in [-0.4, -0.2) is 65.0 Å². The van der Waals surface area contributed by atoms with Crippen LogP contribution in [0.1, 0.15) is 41.4 Å². The lowest BCUT2D eigenvalue weighted by molar-refractivity contribution is 0.379. The lowest BCUT2D eigenvalue weighted by Gasteiger charge is -1.91. The molecule has 0 aromatic carbocycles. The number of nitrogens with zero attached hydrogens (tertiary/aromatic N) is 9. The summed E-state index contributed by atoms with van der Waals surface area (Å²) in [5.41, 5.74) is 0. The number of aryl methyl sites for hydroxylation is 2. The molecule has 4 heterocycles. The summed E-state index contributed by atoms with van der Waals surface area (Å²) in [4.78, 5) is 15.3. The number of nitrogens with one attached hydrogen (secondary N) is 1. The zero-order chi connectivity index (χ0) is 21.2. The first-order chi connectivity index (χ1) is 14.2. The average Bonchev–Trinajstić information content (AvgIpc) is 3.28. The number of aromatic nitrogens is 10. The zero-order valence-corrected chi connectivity index (χ0v) is 16.5. The van der Waals surface area contributed by atoms with Gasteiger partial charge in [-0.2, -0.15) is 10.3 Å². The molecule has 0 aliphatic rings. The molecule has 33 heavy (non-hydrogen) atoms. The van der Waals surface area contributed by atoms with E-state index in [1.54, 1.807) is 69.3 Å². The lowest BCUT2D eigenvalue weighted by atomic mass is 10.6. The van der Waals surface area contributed by atoms with E-state index in [2.05, 4.69) is 50.8 Å². The van der Waals surface area contributed by atoms with Gasteiger partial charge >= 0.3 is 6.01 Å². The molecule has 0 saturated carbocycles. The Bertz CT molecular complexity index is 813. The molecule has 0 fully saturated rings. The number of hydrogen-bond acceptors (Lipinski definition) is 11. The van der Waals surface area contributed by atoms with E-state index in [1.165, 1.54) is 7.11 Å². The summed E-state index contributed by atoms with van der Waals surface area (Å²) in [6, 6.07) is 7.46. The molecule has 0 amide bonds. The second kappa shape index (κ2) is 24.2. The Morgan fingerprint density at radius 1 is 0.667 bits per heavy atom. The zero-order valence-electron chi connectivity index (χ0n) is 16.5. The van der Waals surface area contributed by atoms with Crippen molar-refractivity contribution in [2.24, 2.45) is 0 Å². The van der Waals surface area contributed by atoms with Crippen molar-refractivity contribution in [3.8, 4) is 11.9 Å². The van der Waals surface area contributed by atoms with Gasteiger partial charge in [-0.1, -0.05) is 34.9 Å². The van der Waals surface area contributed by atoms with Crippen molar-refractivity contribution in [2.45, 2.75) is 43.6 Å². The maximum atomic E-state index is 4.74. The third-order valence-corrected chi connectivity index (χ3v) is 2.63.